The number of amides is 1. The number of fused-ring (bicyclic) bond motifs is 6. The number of H-pyrrole nitrogens is 2. The summed E-state index contributed by atoms with van der Waals surface area (Å²) in [5.74, 6) is -9.89. The highest BCUT2D eigenvalue weighted by atomic mass is 19.2. The van der Waals surface area contributed by atoms with Crippen LogP contribution in [0.2, 0.25) is 0 Å². The molecule has 0 aliphatic carbocycles. The van der Waals surface area contributed by atoms with E-state index in [1.54, 1.807) is 17.0 Å². The van der Waals surface area contributed by atoms with Gasteiger partial charge in [0, 0.05) is 52.3 Å². The molecule has 0 bridgehead atoms. The van der Waals surface area contributed by atoms with Crippen molar-refractivity contribution in [2.45, 2.75) is 12.8 Å². The van der Waals surface area contributed by atoms with Crippen LogP contribution < -0.4 is 15.0 Å². The molecule has 3 N–H and O–H groups in total. The monoisotopic (exact) mass is 534 g/mol. The largest absolute Gasteiger partial charge is 0.415 e. The molecule has 0 saturated carbocycles. The Morgan fingerprint density at radius 2 is 1.46 bits per heavy atom. The summed E-state index contributed by atoms with van der Waals surface area (Å²) in [6.07, 6.45) is 1.39. The van der Waals surface area contributed by atoms with Crippen molar-refractivity contribution in [2.75, 3.05) is 23.3 Å². The minimum absolute atomic E-state index is 0.0286. The summed E-state index contributed by atoms with van der Waals surface area (Å²) in [6.45, 7) is 1.26. The van der Waals surface area contributed by atoms with Crippen LogP contribution >= 0.6 is 0 Å². The van der Waals surface area contributed by atoms with Crippen LogP contribution in [-0.4, -0.2) is 34.9 Å². The lowest BCUT2D eigenvalue weighted by atomic mass is 10.1. The van der Waals surface area contributed by atoms with Gasteiger partial charge in [0.2, 0.25) is 17.4 Å². The molecule has 0 spiro atoms. The summed E-state index contributed by atoms with van der Waals surface area (Å²) in [5.41, 5.74) is 5.41. The maximum absolute atomic E-state index is 14.0. The Kier molecular flexibility index (Phi) is 5.00. The molecule has 0 fully saturated rings. The van der Waals surface area contributed by atoms with Crippen molar-refractivity contribution < 1.29 is 31.9 Å². The molecule has 11 heteroatoms. The summed E-state index contributed by atoms with van der Waals surface area (Å²) >= 11 is 0. The Labute approximate surface area is 217 Å². The standard InChI is InChI=1S/C28H18F4N4O3/c29-16-11-17(30)25(32)26(24(16)31)39-28(38)22-10-15-13-6-8-36(23(13)4-3-20(15)35-22)27(37)21-9-14-12-5-7-33-18(12)1-2-19(14)34-21/h1-4,9-11,33-35H,5-8H2. The van der Waals surface area contributed by atoms with Crippen molar-refractivity contribution in [1.29, 1.82) is 0 Å². The van der Waals surface area contributed by atoms with Gasteiger partial charge in [-0.25, -0.2) is 13.6 Å². The lowest BCUT2D eigenvalue weighted by Crippen LogP contribution is -2.29. The number of hydrogen-bond acceptors (Lipinski definition) is 4. The average molecular weight is 534 g/mol. The van der Waals surface area contributed by atoms with Crippen LogP contribution in [0, 0.1) is 23.3 Å². The number of carbonyl (C=O) groups excluding carboxylic acids is 2. The van der Waals surface area contributed by atoms with E-state index < -0.39 is 35.0 Å². The molecule has 1 amide bonds. The second kappa shape index (κ2) is 8.35. The third-order valence-electron chi connectivity index (χ3n) is 7.33. The van der Waals surface area contributed by atoms with Gasteiger partial charge >= 0.3 is 5.97 Å². The summed E-state index contributed by atoms with van der Waals surface area (Å²) < 4.78 is 59.7. The molecule has 0 atom stereocenters. The zero-order valence-corrected chi connectivity index (χ0v) is 20.1. The van der Waals surface area contributed by atoms with Gasteiger partial charge in [-0.1, -0.05) is 0 Å². The second-order valence-corrected chi connectivity index (χ2v) is 9.51. The maximum atomic E-state index is 14.0. The first-order valence-electron chi connectivity index (χ1n) is 12.2. The number of aromatic amines is 2. The lowest BCUT2D eigenvalue weighted by molar-refractivity contribution is 0.0712. The third-order valence-corrected chi connectivity index (χ3v) is 7.33. The van der Waals surface area contributed by atoms with E-state index >= 15 is 0 Å². The van der Waals surface area contributed by atoms with Crippen molar-refractivity contribution in [1.82, 2.24) is 9.97 Å². The molecular formula is C28H18F4N4O3. The highest BCUT2D eigenvalue weighted by molar-refractivity contribution is 6.11. The van der Waals surface area contributed by atoms with Crippen molar-refractivity contribution >= 4 is 45.1 Å². The molecule has 2 aliphatic heterocycles. The number of carbonyl (C=O) groups is 2. The summed E-state index contributed by atoms with van der Waals surface area (Å²) in [5, 5.41) is 4.96. The molecule has 3 aromatic carbocycles. The van der Waals surface area contributed by atoms with Gasteiger partial charge in [-0.15, -0.1) is 0 Å². The van der Waals surface area contributed by atoms with Gasteiger partial charge < -0.3 is 24.9 Å². The van der Waals surface area contributed by atoms with Gasteiger partial charge in [-0.05, 0) is 60.4 Å². The van der Waals surface area contributed by atoms with E-state index in [1.807, 2.05) is 18.2 Å². The number of rotatable bonds is 3. The summed E-state index contributed by atoms with van der Waals surface area (Å²) in [6, 6.07) is 10.7. The highest BCUT2D eigenvalue weighted by Gasteiger charge is 2.30. The third kappa shape index (κ3) is 3.49. The number of ether oxygens (including phenoxy) is 1. The van der Waals surface area contributed by atoms with Gasteiger partial charge in [0.1, 0.15) is 11.4 Å². The SMILES string of the molecule is O=C(Oc1c(F)c(F)cc(F)c1F)c1cc2c3c(ccc2[nH]1)N(C(=O)c1cc2c4c(ccc2[nH]1)NCC4)CC3. The van der Waals surface area contributed by atoms with Crippen molar-refractivity contribution in [2.24, 2.45) is 0 Å². The molecule has 0 saturated heterocycles. The first kappa shape index (κ1) is 23.3. The van der Waals surface area contributed by atoms with Crippen LogP contribution in [0.15, 0.2) is 42.5 Å². The van der Waals surface area contributed by atoms with E-state index in [-0.39, 0.29) is 17.7 Å². The lowest BCUT2D eigenvalue weighted by Gasteiger charge is -2.16. The Balaban J connectivity index is 1.20. The summed E-state index contributed by atoms with van der Waals surface area (Å²) in [7, 11) is 0. The van der Waals surface area contributed by atoms with E-state index in [4.69, 9.17) is 0 Å². The van der Waals surface area contributed by atoms with Gasteiger partial charge in [0.25, 0.3) is 5.91 Å². The van der Waals surface area contributed by atoms with Gasteiger partial charge in [0.05, 0.1) is 0 Å². The van der Waals surface area contributed by atoms with Crippen molar-refractivity contribution in [3.63, 3.8) is 0 Å². The molecule has 2 aliphatic rings. The van der Waals surface area contributed by atoms with Crippen LogP contribution in [0.5, 0.6) is 5.75 Å². The molecular weight excluding hydrogens is 516 g/mol. The topological polar surface area (TPSA) is 90.2 Å². The number of benzene rings is 3. The van der Waals surface area contributed by atoms with E-state index in [0.717, 1.165) is 35.1 Å². The first-order chi connectivity index (χ1) is 18.8. The fourth-order valence-corrected chi connectivity index (χ4v) is 5.50. The zero-order valence-electron chi connectivity index (χ0n) is 20.1. The van der Waals surface area contributed by atoms with Crippen molar-refractivity contribution in [3.05, 3.63) is 88.2 Å². The van der Waals surface area contributed by atoms with E-state index in [2.05, 4.69) is 20.0 Å². The predicted octanol–water partition coefficient (Wildman–Crippen LogP) is 5.60. The van der Waals surface area contributed by atoms with Gasteiger partial charge in [-0.2, -0.15) is 8.78 Å². The van der Waals surface area contributed by atoms with Gasteiger partial charge in [0.15, 0.2) is 11.6 Å². The Hall–Kier alpha value is -4.80. The predicted molar refractivity (Wildman–Crippen MR) is 135 cm³/mol. The second-order valence-electron chi connectivity index (χ2n) is 9.51. The van der Waals surface area contributed by atoms with Crippen LogP contribution in [0.25, 0.3) is 21.8 Å². The quantitative estimate of drug-likeness (QED) is 0.122. The number of esters is 1. The molecule has 0 radical (unpaired) electrons. The Bertz CT molecular complexity index is 1850. The molecule has 5 aromatic rings. The number of nitrogens with one attached hydrogen (secondary N) is 3. The first-order valence-corrected chi connectivity index (χ1v) is 12.2. The normalized spacial score (nSPS) is 14.1. The minimum Gasteiger partial charge on any atom is -0.415 e. The molecule has 2 aromatic heterocycles. The number of nitrogens with zero attached hydrogens (tertiary/aromatic N) is 1. The minimum atomic E-state index is -1.81. The number of hydrogen-bond donors (Lipinski definition) is 3. The van der Waals surface area contributed by atoms with Gasteiger partial charge in [-0.3, -0.25) is 4.79 Å². The van der Waals surface area contributed by atoms with E-state index in [9.17, 15) is 27.2 Å². The van der Waals surface area contributed by atoms with E-state index in [0.29, 0.717) is 35.2 Å². The highest BCUT2D eigenvalue weighted by Crippen LogP contribution is 2.37. The molecule has 196 valence electrons. The molecule has 7 nitrogen and oxygen atoms in total. The van der Waals surface area contributed by atoms with Crippen LogP contribution in [0.4, 0.5) is 28.9 Å². The smallest absolute Gasteiger partial charge is 0.360 e. The number of aromatic nitrogens is 2. The van der Waals surface area contributed by atoms with Crippen LogP contribution in [0.1, 0.15) is 32.1 Å². The average Bonchev–Trinajstić information content (AvgIpc) is 3.72. The zero-order chi connectivity index (χ0) is 27.0. The molecule has 39 heavy (non-hydrogen) atoms. The van der Waals surface area contributed by atoms with Crippen LogP contribution in [0.3, 0.4) is 0 Å². The molecule has 0 unspecified atom stereocenters. The van der Waals surface area contributed by atoms with E-state index in [1.165, 1.54) is 11.6 Å². The molecule has 7 rings (SSSR count). The maximum Gasteiger partial charge on any atom is 0.360 e. The Morgan fingerprint density at radius 1 is 0.795 bits per heavy atom. The van der Waals surface area contributed by atoms with Crippen molar-refractivity contribution in [3.8, 4) is 5.75 Å². The van der Waals surface area contributed by atoms with Crippen LogP contribution in [-0.2, 0) is 12.8 Å². The fraction of sp³-hybridized carbons (Fsp3) is 0.143. The molecule has 4 heterocycles. The fourth-order valence-electron chi connectivity index (χ4n) is 5.50. The summed E-state index contributed by atoms with van der Waals surface area (Å²) in [4.78, 5) is 33.8. The number of halogens is 4. The Morgan fingerprint density at radius 3 is 2.23 bits per heavy atom. The number of anilines is 2.